The lowest BCUT2D eigenvalue weighted by atomic mass is 10.2. The quantitative estimate of drug-likeness (QED) is 0.599. The number of nitrogens with zero attached hydrogens (tertiary/aromatic N) is 3. The van der Waals surface area contributed by atoms with E-state index in [2.05, 4.69) is 37.5 Å². The zero-order chi connectivity index (χ0) is 11.1. The molecule has 3 heterocycles. The fraction of sp³-hybridized carbons (Fsp3) is 0.600. The third kappa shape index (κ3) is 1.73. The Labute approximate surface area is 107 Å². The average molecular weight is 333 g/mol. The summed E-state index contributed by atoms with van der Waals surface area (Å²) < 4.78 is 11.6. The second-order valence-electron chi connectivity index (χ2n) is 4.03. The summed E-state index contributed by atoms with van der Waals surface area (Å²) in [6, 6.07) is 2.90. The van der Waals surface area contributed by atoms with Crippen molar-refractivity contribution in [1.82, 2.24) is 9.97 Å². The van der Waals surface area contributed by atoms with Gasteiger partial charge in [-0.25, -0.2) is 0 Å². The Morgan fingerprint density at radius 2 is 2.44 bits per heavy atom. The van der Waals surface area contributed by atoms with E-state index in [9.17, 15) is 0 Å². The van der Waals surface area contributed by atoms with E-state index in [1.807, 2.05) is 6.07 Å². The first-order valence-corrected chi connectivity index (χ1v) is 6.31. The molecule has 2 aliphatic rings. The third-order valence-corrected chi connectivity index (χ3v) is 3.59. The first kappa shape index (κ1) is 10.5. The maximum absolute atomic E-state index is 5.57. The van der Waals surface area contributed by atoms with Crippen molar-refractivity contribution in [2.75, 3.05) is 25.2 Å². The molecule has 2 saturated heterocycles. The van der Waals surface area contributed by atoms with Crippen LogP contribution >= 0.6 is 22.6 Å². The summed E-state index contributed by atoms with van der Waals surface area (Å²) in [7, 11) is 1.59. The summed E-state index contributed by atoms with van der Waals surface area (Å²) in [6.07, 6.45) is 1.49. The molecule has 6 heteroatoms. The minimum absolute atomic E-state index is 0.378. The number of ether oxygens (including phenoxy) is 2. The van der Waals surface area contributed by atoms with E-state index in [4.69, 9.17) is 9.47 Å². The molecule has 0 radical (unpaired) electrons. The summed E-state index contributed by atoms with van der Waals surface area (Å²) in [4.78, 5) is 10.9. The molecule has 1 aromatic heterocycles. The smallest absolute Gasteiger partial charge is 0.319 e. The van der Waals surface area contributed by atoms with Crippen molar-refractivity contribution in [3.63, 3.8) is 0 Å². The van der Waals surface area contributed by atoms with Crippen LogP contribution in [0.1, 0.15) is 6.42 Å². The van der Waals surface area contributed by atoms with Gasteiger partial charge in [-0.05, 0) is 29.0 Å². The Kier molecular flexibility index (Phi) is 2.62. The zero-order valence-electron chi connectivity index (χ0n) is 8.89. The molecule has 0 spiro atoms. The van der Waals surface area contributed by atoms with E-state index < -0.39 is 0 Å². The molecule has 0 amide bonds. The predicted molar refractivity (Wildman–Crippen MR) is 66.8 cm³/mol. The van der Waals surface area contributed by atoms with Crippen LogP contribution in [0.15, 0.2) is 6.07 Å². The molecule has 5 nitrogen and oxygen atoms in total. The van der Waals surface area contributed by atoms with Crippen molar-refractivity contribution in [3.8, 4) is 6.01 Å². The molecule has 2 aliphatic heterocycles. The topological polar surface area (TPSA) is 47.5 Å². The van der Waals surface area contributed by atoms with Crippen molar-refractivity contribution >= 4 is 28.4 Å². The predicted octanol–water partition coefficient (Wildman–Crippen LogP) is 1.07. The van der Waals surface area contributed by atoms with Gasteiger partial charge >= 0.3 is 6.01 Å². The van der Waals surface area contributed by atoms with E-state index in [1.165, 1.54) is 0 Å². The second-order valence-corrected chi connectivity index (χ2v) is 5.14. The van der Waals surface area contributed by atoms with Crippen LogP contribution in [-0.4, -0.2) is 42.4 Å². The first-order chi connectivity index (χ1) is 7.76. The SMILES string of the molecule is COc1nc(I)cc(N2C[C@@H]3C[C@H]2CO3)n1. The lowest BCUT2D eigenvalue weighted by molar-refractivity contribution is 0.0988. The average Bonchev–Trinajstić information content (AvgIpc) is 2.89. The lowest BCUT2D eigenvalue weighted by Gasteiger charge is -2.27. The Morgan fingerprint density at radius 3 is 3.06 bits per heavy atom. The summed E-state index contributed by atoms with van der Waals surface area (Å²) >= 11 is 2.18. The standard InChI is InChI=1S/C10H12IN3O2/c1-15-10-12-8(11)3-9(13-10)14-4-7-2-6(14)5-16-7/h3,6-7H,2,4-5H2,1H3/t6-,7-/m0/s1. The Hall–Kier alpha value is -0.630. The molecular weight excluding hydrogens is 321 g/mol. The number of anilines is 1. The minimum Gasteiger partial charge on any atom is -0.467 e. The van der Waals surface area contributed by atoms with Crippen LogP contribution in [0.2, 0.25) is 0 Å². The van der Waals surface area contributed by atoms with Gasteiger partial charge in [0.1, 0.15) is 9.52 Å². The summed E-state index contributed by atoms with van der Waals surface area (Å²) in [5, 5.41) is 0. The molecule has 0 aromatic carbocycles. The molecule has 0 saturated carbocycles. The highest BCUT2D eigenvalue weighted by atomic mass is 127. The molecule has 1 aromatic rings. The lowest BCUT2D eigenvalue weighted by Crippen LogP contribution is -2.37. The van der Waals surface area contributed by atoms with Crippen LogP contribution < -0.4 is 9.64 Å². The van der Waals surface area contributed by atoms with Gasteiger partial charge < -0.3 is 14.4 Å². The maximum Gasteiger partial charge on any atom is 0.319 e. The van der Waals surface area contributed by atoms with Gasteiger partial charge in [-0.2, -0.15) is 9.97 Å². The molecule has 2 atom stereocenters. The van der Waals surface area contributed by atoms with Crippen molar-refractivity contribution in [2.24, 2.45) is 0 Å². The highest BCUT2D eigenvalue weighted by Crippen LogP contribution is 2.32. The molecular formula is C10H12IN3O2. The van der Waals surface area contributed by atoms with Crippen LogP contribution in [0.4, 0.5) is 5.82 Å². The maximum atomic E-state index is 5.57. The Balaban J connectivity index is 1.91. The van der Waals surface area contributed by atoms with E-state index in [1.54, 1.807) is 7.11 Å². The Morgan fingerprint density at radius 1 is 1.56 bits per heavy atom. The van der Waals surface area contributed by atoms with Crippen LogP contribution in [0.5, 0.6) is 6.01 Å². The molecule has 86 valence electrons. The van der Waals surface area contributed by atoms with Gasteiger partial charge in [0.05, 0.1) is 25.9 Å². The van der Waals surface area contributed by atoms with Crippen molar-refractivity contribution in [3.05, 3.63) is 9.77 Å². The normalized spacial score (nSPS) is 27.5. The molecule has 2 bridgehead atoms. The summed E-state index contributed by atoms with van der Waals surface area (Å²) in [5.74, 6) is 0.951. The number of halogens is 1. The number of rotatable bonds is 2. The zero-order valence-corrected chi connectivity index (χ0v) is 11.0. The molecule has 16 heavy (non-hydrogen) atoms. The van der Waals surface area contributed by atoms with Gasteiger partial charge in [-0.3, -0.25) is 0 Å². The molecule has 0 N–H and O–H groups in total. The molecule has 0 aliphatic carbocycles. The molecule has 2 fully saturated rings. The number of morpholine rings is 1. The largest absolute Gasteiger partial charge is 0.467 e. The highest BCUT2D eigenvalue weighted by molar-refractivity contribution is 14.1. The minimum atomic E-state index is 0.378. The summed E-state index contributed by atoms with van der Waals surface area (Å²) in [6.45, 7) is 1.74. The third-order valence-electron chi connectivity index (χ3n) is 3.04. The van der Waals surface area contributed by atoms with Crippen LogP contribution in [0, 0.1) is 3.70 Å². The van der Waals surface area contributed by atoms with Gasteiger partial charge in [0.25, 0.3) is 0 Å². The van der Waals surface area contributed by atoms with Gasteiger partial charge in [-0.15, -0.1) is 0 Å². The van der Waals surface area contributed by atoms with Crippen LogP contribution in [0.25, 0.3) is 0 Å². The van der Waals surface area contributed by atoms with E-state index in [0.717, 1.165) is 29.1 Å². The fourth-order valence-corrected chi connectivity index (χ4v) is 2.79. The summed E-state index contributed by atoms with van der Waals surface area (Å²) in [5.41, 5.74) is 0. The van der Waals surface area contributed by atoms with Crippen molar-refractivity contribution in [1.29, 1.82) is 0 Å². The number of hydrogen-bond donors (Lipinski definition) is 0. The number of methoxy groups -OCH3 is 1. The van der Waals surface area contributed by atoms with E-state index in [0.29, 0.717) is 18.2 Å². The number of fused-ring (bicyclic) bond motifs is 2. The number of hydrogen-bond acceptors (Lipinski definition) is 5. The Bertz CT molecular complexity index is 415. The van der Waals surface area contributed by atoms with Crippen LogP contribution in [-0.2, 0) is 4.74 Å². The van der Waals surface area contributed by atoms with Gasteiger partial charge in [0, 0.05) is 12.6 Å². The number of aromatic nitrogens is 2. The van der Waals surface area contributed by atoms with Gasteiger partial charge in [0.2, 0.25) is 0 Å². The fourth-order valence-electron chi connectivity index (χ4n) is 2.30. The molecule has 3 rings (SSSR count). The molecule has 0 unspecified atom stereocenters. The van der Waals surface area contributed by atoms with E-state index in [-0.39, 0.29) is 0 Å². The van der Waals surface area contributed by atoms with Gasteiger partial charge in [-0.1, -0.05) is 0 Å². The first-order valence-electron chi connectivity index (χ1n) is 5.23. The van der Waals surface area contributed by atoms with Crippen LogP contribution in [0.3, 0.4) is 0 Å². The highest BCUT2D eigenvalue weighted by Gasteiger charge is 2.39. The monoisotopic (exact) mass is 333 g/mol. The second kappa shape index (κ2) is 3.99. The van der Waals surface area contributed by atoms with E-state index >= 15 is 0 Å². The van der Waals surface area contributed by atoms with Crippen molar-refractivity contribution < 1.29 is 9.47 Å². The van der Waals surface area contributed by atoms with Gasteiger partial charge in [0.15, 0.2) is 0 Å². The van der Waals surface area contributed by atoms with Crippen molar-refractivity contribution in [2.45, 2.75) is 18.6 Å².